The molecule has 1 rings (SSSR count). The zero-order valence-corrected chi connectivity index (χ0v) is 11.7. The molecule has 18 heavy (non-hydrogen) atoms. The van der Waals surface area contributed by atoms with Gasteiger partial charge >= 0.3 is 0 Å². The van der Waals surface area contributed by atoms with E-state index in [1.807, 2.05) is 20.9 Å². The second kappa shape index (κ2) is 8.18. The third kappa shape index (κ3) is 4.04. The molecule has 0 bridgehead atoms. The Labute approximate surface area is 109 Å². The lowest BCUT2D eigenvalue weighted by molar-refractivity contribution is -0.157. The van der Waals surface area contributed by atoms with Gasteiger partial charge in [-0.2, -0.15) is 5.10 Å². The van der Waals surface area contributed by atoms with E-state index in [1.54, 1.807) is 11.0 Å². The molecule has 0 aromatic carbocycles. The topological polar surface area (TPSA) is 61.2 Å². The van der Waals surface area contributed by atoms with Crippen LogP contribution < -0.4 is 5.32 Å². The molecule has 0 radical (unpaired) electrons. The molecule has 0 aliphatic carbocycles. The first-order valence-corrected chi connectivity index (χ1v) is 6.55. The highest BCUT2D eigenvalue weighted by Gasteiger charge is 2.27. The van der Waals surface area contributed by atoms with Crippen LogP contribution in [0.4, 0.5) is 0 Å². The van der Waals surface area contributed by atoms with Gasteiger partial charge < -0.3 is 14.8 Å². The fourth-order valence-electron chi connectivity index (χ4n) is 1.76. The highest BCUT2D eigenvalue weighted by atomic mass is 16.7. The Morgan fingerprint density at radius 2 is 1.94 bits per heavy atom. The standard InChI is InChI=1S/C12H24N4O2/c1-5-8-13-10(11-14-9-15-16(11)4)12(17-6-2)18-7-3/h9-10,12-13H,5-8H2,1-4H3. The summed E-state index contributed by atoms with van der Waals surface area (Å²) < 4.78 is 13.1. The summed E-state index contributed by atoms with van der Waals surface area (Å²) in [5, 5.41) is 7.51. The van der Waals surface area contributed by atoms with Gasteiger partial charge in [0.15, 0.2) is 6.29 Å². The third-order valence-electron chi connectivity index (χ3n) is 2.57. The van der Waals surface area contributed by atoms with Crippen LogP contribution >= 0.6 is 0 Å². The van der Waals surface area contributed by atoms with Gasteiger partial charge in [0.25, 0.3) is 0 Å². The predicted molar refractivity (Wildman–Crippen MR) is 69.1 cm³/mol. The Balaban J connectivity index is 2.84. The van der Waals surface area contributed by atoms with Gasteiger partial charge in [-0.05, 0) is 26.8 Å². The van der Waals surface area contributed by atoms with Crippen LogP contribution in [0.5, 0.6) is 0 Å². The molecule has 0 saturated heterocycles. The molecule has 1 aromatic rings. The van der Waals surface area contributed by atoms with Crippen LogP contribution in [0.25, 0.3) is 0 Å². The molecule has 1 N–H and O–H groups in total. The fourth-order valence-corrected chi connectivity index (χ4v) is 1.76. The van der Waals surface area contributed by atoms with Crippen LogP contribution in [0.3, 0.4) is 0 Å². The lowest BCUT2D eigenvalue weighted by Gasteiger charge is -2.26. The second-order valence-corrected chi connectivity index (χ2v) is 3.95. The minimum Gasteiger partial charge on any atom is -0.351 e. The third-order valence-corrected chi connectivity index (χ3v) is 2.57. The monoisotopic (exact) mass is 256 g/mol. The quantitative estimate of drug-likeness (QED) is 0.674. The number of nitrogens with one attached hydrogen (secondary N) is 1. The van der Waals surface area contributed by atoms with E-state index in [-0.39, 0.29) is 12.3 Å². The summed E-state index contributed by atoms with van der Waals surface area (Å²) in [5.74, 6) is 0.829. The Kier molecular flexibility index (Phi) is 6.85. The van der Waals surface area contributed by atoms with Crippen LogP contribution in [0.2, 0.25) is 0 Å². The number of rotatable bonds is 9. The molecule has 0 spiro atoms. The number of ether oxygens (including phenoxy) is 2. The molecule has 1 atom stereocenters. The van der Waals surface area contributed by atoms with E-state index in [1.165, 1.54) is 0 Å². The van der Waals surface area contributed by atoms with Crippen LogP contribution in [0.1, 0.15) is 39.1 Å². The molecule has 1 unspecified atom stereocenters. The summed E-state index contributed by atoms with van der Waals surface area (Å²) in [6, 6.07) is -0.0997. The number of aryl methyl sites for hydroxylation is 1. The van der Waals surface area contributed by atoms with E-state index < -0.39 is 0 Å². The maximum atomic E-state index is 5.65. The molecule has 0 fully saturated rings. The molecule has 0 aliphatic heterocycles. The van der Waals surface area contributed by atoms with Gasteiger partial charge in [-0.3, -0.25) is 4.68 Å². The molecule has 104 valence electrons. The van der Waals surface area contributed by atoms with Crippen molar-refractivity contribution in [3.8, 4) is 0 Å². The average Bonchev–Trinajstić information content (AvgIpc) is 2.77. The summed E-state index contributed by atoms with van der Waals surface area (Å²) >= 11 is 0. The van der Waals surface area contributed by atoms with E-state index in [2.05, 4.69) is 22.3 Å². The van der Waals surface area contributed by atoms with Gasteiger partial charge in [-0.1, -0.05) is 6.92 Å². The first-order valence-electron chi connectivity index (χ1n) is 6.55. The van der Waals surface area contributed by atoms with Gasteiger partial charge in [-0.15, -0.1) is 0 Å². The maximum absolute atomic E-state index is 5.65. The largest absolute Gasteiger partial charge is 0.351 e. The van der Waals surface area contributed by atoms with E-state index in [9.17, 15) is 0 Å². The van der Waals surface area contributed by atoms with E-state index >= 15 is 0 Å². The van der Waals surface area contributed by atoms with Crippen LogP contribution in [0, 0.1) is 0 Å². The summed E-state index contributed by atoms with van der Waals surface area (Å²) in [6.07, 6.45) is 2.25. The number of aromatic nitrogens is 3. The van der Waals surface area contributed by atoms with Crippen molar-refractivity contribution in [1.82, 2.24) is 20.1 Å². The van der Waals surface area contributed by atoms with Crippen molar-refractivity contribution in [2.45, 2.75) is 39.5 Å². The van der Waals surface area contributed by atoms with E-state index in [4.69, 9.17) is 9.47 Å². The Hall–Kier alpha value is -0.980. The highest BCUT2D eigenvalue weighted by molar-refractivity contribution is 4.95. The number of hydrogen-bond acceptors (Lipinski definition) is 5. The van der Waals surface area contributed by atoms with Crippen LogP contribution in [-0.4, -0.2) is 40.8 Å². The van der Waals surface area contributed by atoms with Crippen molar-refractivity contribution >= 4 is 0 Å². The smallest absolute Gasteiger partial charge is 0.179 e. The average molecular weight is 256 g/mol. The molecule has 6 nitrogen and oxygen atoms in total. The molecule has 1 aromatic heterocycles. The number of nitrogens with zero attached hydrogens (tertiary/aromatic N) is 3. The maximum Gasteiger partial charge on any atom is 0.179 e. The zero-order valence-electron chi connectivity index (χ0n) is 11.7. The van der Waals surface area contributed by atoms with Crippen molar-refractivity contribution in [1.29, 1.82) is 0 Å². The Morgan fingerprint density at radius 1 is 1.28 bits per heavy atom. The van der Waals surface area contributed by atoms with Crippen LogP contribution in [0.15, 0.2) is 6.33 Å². The molecule has 0 amide bonds. The molecule has 0 aliphatic rings. The van der Waals surface area contributed by atoms with Gasteiger partial charge in [-0.25, -0.2) is 4.98 Å². The van der Waals surface area contributed by atoms with Crippen molar-refractivity contribution < 1.29 is 9.47 Å². The van der Waals surface area contributed by atoms with Crippen molar-refractivity contribution in [2.75, 3.05) is 19.8 Å². The molecular formula is C12H24N4O2. The van der Waals surface area contributed by atoms with Gasteiger partial charge in [0.1, 0.15) is 18.2 Å². The molecule has 0 saturated carbocycles. The molecular weight excluding hydrogens is 232 g/mol. The van der Waals surface area contributed by atoms with Crippen molar-refractivity contribution in [2.24, 2.45) is 7.05 Å². The van der Waals surface area contributed by atoms with E-state index in [0.29, 0.717) is 13.2 Å². The Bertz CT molecular complexity index is 324. The lowest BCUT2D eigenvalue weighted by atomic mass is 10.2. The highest BCUT2D eigenvalue weighted by Crippen LogP contribution is 2.18. The first-order chi connectivity index (χ1) is 8.74. The van der Waals surface area contributed by atoms with Gasteiger partial charge in [0.05, 0.1) is 0 Å². The normalized spacial score (nSPS) is 13.2. The SMILES string of the molecule is CCCNC(c1ncnn1C)C(OCC)OCC. The lowest BCUT2D eigenvalue weighted by Crippen LogP contribution is -2.38. The minimum atomic E-state index is -0.338. The minimum absolute atomic E-state index is 0.0997. The predicted octanol–water partition coefficient (Wildman–Crippen LogP) is 1.25. The first kappa shape index (κ1) is 15.1. The van der Waals surface area contributed by atoms with Crippen molar-refractivity contribution in [3.05, 3.63) is 12.2 Å². The summed E-state index contributed by atoms with van der Waals surface area (Å²) in [7, 11) is 1.87. The van der Waals surface area contributed by atoms with Gasteiger partial charge in [0.2, 0.25) is 0 Å². The molecule has 6 heteroatoms. The van der Waals surface area contributed by atoms with Crippen LogP contribution in [-0.2, 0) is 16.5 Å². The summed E-state index contributed by atoms with van der Waals surface area (Å²) in [6.45, 7) is 8.13. The zero-order chi connectivity index (χ0) is 13.4. The summed E-state index contributed by atoms with van der Waals surface area (Å²) in [4.78, 5) is 4.28. The van der Waals surface area contributed by atoms with E-state index in [0.717, 1.165) is 18.8 Å². The molecule has 1 heterocycles. The fraction of sp³-hybridized carbons (Fsp3) is 0.833. The van der Waals surface area contributed by atoms with Gasteiger partial charge in [0, 0.05) is 20.3 Å². The number of hydrogen-bond donors (Lipinski definition) is 1. The second-order valence-electron chi connectivity index (χ2n) is 3.95. The summed E-state index contributed by atoms with van der Waals surface area (Å²) in [5.41, 5.74) is 0. The van der Waals surface area contributed by atoms with Crippen molar-refractivity contribution in [3.63, 3.8) is 0 Å². The Morgan fingerprint density at radius 3 is 2.39 bits per heavy atom.